The molecule has 0 bridgehead atoms. The lowest BCUT2D eigenvalue weighted by atomic mass is 10.1. The summed E-state index contributed by atoms with van der Waals surface area (Å²) in [6.07, 6.45) is 0. The smallest absolute Gasteiger partial charge is 0.221 e. The summed E-state index contributed by atoms with van der Waals surface area (Å²) in [5.41, 5.74) is 14.7. The number of nitrogens with two attached hydrogens (primary N) is 2. The molecule has 5 nitrogen and oxygen atoms in total. The maximum absolute atomic E-state index is 10.6. The summed E-state index contributed by atoms with van der Waals surface area (Å²) < 4.78 is 0. The lowest BCUT2D eigenvalue weighted by molar-refractivity contribution is -0.114. The third-order valence-corrected chi connectivity index (χ3v) is 3.49. The first-order valence-electron chi connectivity index (χ1n) is 10.2. The van der Waals surface area contributed by atoms with E-state index in [0.717, 1.165) is 17.3 Å². The molecule has 0 aliphatic rings. The molecule has 0 aliphatic heterocycles. The van der Waals surface area contributed by atoms with Gasteiger partial charge in [0.05, 0.1) is 0 Å². The molecule has 29 heavy (non-hydrogen) atoms. The van der Waals surface area contributed by atoms with E-state index >= 15 is 0 Å². The summed E-state index contributed by atoms with van der Waals surface area (Å²) in [7, 11) is 0. The van der Waals surface area contributed by atoms with Crippen molar-refractivity contribution >= 4 is 28.7 Å². The van der Waals surface area contributed by atoms with Crippen molar-refractivity contribution in [3.8, 4) is 0 Å². The Balaban J connectivity index is 0.000000466. The minimum Gasteiger partial charge on any atom is -0.399 e. The van der Waals surface area contributed by atoms with E-state index < -0.39 is 0 Å². The molecule has 5 heteroatoms. The Hall–Kier alpha value is -2.69. The van der Waals surface area contributed by atoms with Crippen molar-refractivity contribution in [2.75, 3.05) is 21.7 Å². The number of carbonyl (C=O) groups excluding carboxylic acids is 1. The molecule has 2 aromatic rings. The van der Waals surface area contributed by atoms with Gasteiger partial charge in [-0.2, -0.15) is 0 Å². The van der Waals surface area contributed by atoms with Gasteiger partial charge < -0.3 is 21.7 Å². The average molecular weight is 401 g/mol. The average Bonchev–Trinajstić information content (AvgIpc) is 2.53. The SMILES string of the molecule is CC(=O)Nc1cccc(N)c1.CC(C)C.CC(C)N(c1cccc(N)c1)C(C)C. The van der Waals surface area contributed by atoms with Gasteiger partial charge in [-0.3, -0.25) is 4.79 Å². The zero-order valence-corrected chi connectivity index (χ0v) is 19.4. The Labute approximate surface area is 177 Å². The molecule has 0 aliphatic carbocycles. The number of hydrogen-bond donors (Lipinski definition) is 3. The molecule has 0 fully saturated rings. The lowest BCUT2D eigenvalue weighted by Crippen LogP contribution is -2.36. The zero-order chi connectivity index (χ0) is 22.6. The molecule has 5 N–H and O–H groups in total. The van der Waals surface area contributed by atoms with Gasteiger partial charge in [0.25, 0.3) is 0 Å². The van der Waals surface area contributed by atoms with Crippen LogP contribution in [-0.2, 0) is 4.79 Å². The number of benzene rings is 2. The summed E-state index contributed by atoms with van der Waals surface area (Å²) >= 11 is 0. The maximum atomic E-state index is 10.6. The second-order valence-electron chi connectivity index (χ2n) is 8.23. The standard InChI is InChI=1S/C12H20N2.C8H10N2O.C4H10/c1-9(2)14(10(3)4)12-7-5-6-11(13)8-12;1-6(11)10-8-4-2-3-7(9)5-8;1-4(2)3/h5-10H,13H2,1-4H3;2-5H,9H2,1H3,(H,10,11);4H,1-3H3. The molecule has 0 saturated heterocycles. The first-order valence-corrected chi connectivity index (χ1v) is 10.2. The van der Waals surface area contributed by atoms with Crippen LogP contribution in [0.25, 0.3) is 0 Å². The number of nitrogens with zero attached hydrogens (tertiary/aromatic N) is 1. The normalized spacial score (nSPS) is 10.0. The Morgan fingerprint density at radius 3 is 1.66 bits per heavy atom. The fourth-order valence-corrected chi connectivity index (χ4v) is 2.70. The number of hydrogen-bond acceptors (Lipinski definition) is 4. The minimum absolute atomic E-state index is 0.0874. The molecular weight excluding hydrogens is 360 g/mol. The van der Waals surface area contributed by atoms with Crippen molar-refractivity contribution in [2.24, 2.45) is 5.92 Å². The van der Waals surface area contributed by atoms with Gasteiger partial charge in [-0.25, -0.2) is 0 Å². The van der Waals surface area contributed by atoms with Gasteiger partial charge in [0.15, 0.2) is 0 Å². The Morgan fingerprint density at radius 1 is 0.828 bits per heavy atom. The van der Waals surface area contributed by atoms with E-state index in [1.807, 2.05) is 18.2 Å². The molecule has 0 aromatic heterocycles. The number of nitrogens with one attached hydrogen (secondary N) is 1. The monoisotopic (exact) mass is 400 g/mol. The van der Waals surface area contributed by atoms with E-state index in [1.165, 1.54) is 12.6 Å². The molecular formula is C24H40N4O. The lowest BCUT2D eigenvalue weighted by Gasteiger charge is -2.33. The predicted octanol–water partition coefficient (Wildman–Crippen LogP) is 5.78. The van der Waals surface area contributed by atoms with Crippen LogP contribution in [0.15, 0.2) is 48.5 Å². The highest BCUT2D eigenvalue weighted by atomic mass is 16.1. The fraction of sp³-hybridized carbons (Fsp3) is 0.458. The quantitative estimate of drug-likeness (QED) is 0.568. The van der Waals surface area contributed by atoms with Gasteiger partial charge in [-0.05, 0) is 70.0 Å². The van der Waals surface area contributed by atoms with Gasteiger partial charge in [0.1, 0.15) is 0 Å². The molecule has 0 saturated carbocycles. The van der Waals surface area contributed by atoms with Crippen LogP contribution in [0.5, 0.6) is 0 Å². The van der Waals surface area contributed by atoms with Crippen molar-refractivity contribution < 1.29 is 4.79 Å². The summed E-state index contributed by atoms with van der Waals surface area (Å²) in [5.74, 6) is 0.746. The Bertz CT molecular complexity index is 716. The number of rotatable bonds is 4. The molecule has 0 unspecified atom stereocenters. The molecule has 2 rings (SSSR count). The van der Waals surface area contributed by atoms with Crippen molar-refractivity contribution in [3.63, 3.8) is 0 Å². The van der Waals surface area contributed by atoms with E-state index in [1.54, 1.807) is 24.3 Å². The summed E-state index contributed by atoms with van der Waals surface area (Å²) in [6.45, 7) is 16.8. The molecule has 162 valence electrons. The van der Waals surface area contributed by atoms with Crippen LogP contribution in [0.4, 0.5) is 22.7 Å². The first kappa shape index (κ1) is 26.3. The first-order chi connectivity index (χ1) is 13.4. The molecule has 2 aromatic carbocycles. The highest BCUT2D eigenvalue weighted by molar-refractivity contribution is 5.89. The largest absolute Gasteiger partial charge is 0.399 e. The minimum atomic E-state index is -0.0874. The fourth-order valence-electron chi connectivity index (χ4n) is 2.70. The van der Waals surface area contributed by atoms with Gasteiger partial charge in [-0.15, -0.1) is 0 Å². The van der Waals surface area contributed by atoms with Crippen molar-refractivity contribution in [1.82, 2.24) is 0 Å². The second kappa shape index (κ2) is 13.5. The van der Waals surface area contributed by atoms with Crippen LogP contribution >= 0.6 is 0 Å². The van der Waals surface area contributed by atoms with E-state index in [2.05, 4.69) is 64.7 Å². The van der Waals surface area contributed by atoms with Crippen LogP contribution in [0.2, 0.25) is 0 Å². The number of amides is 1. The third kappa shape index (κ3) is 12.4. The van der Waals surface area contributed by atoms with Crippen LogP contribution in [0.1, 0.15) is 55.4 Å². The number of nitrogen functional groups attached to an aromatic ring is 2. The summed E-state index contributed by atoms with van der Waals surface area (Å²) in [4.78, 5) is 12.9. The van der Waals surface area contributed by atoms with Crippen molar-refractivity contribution in [1.29, 1.82) is 0 Å². The molecule has 0 atom stereocenters. The Morgan fingerprint density at radius 2 is 1.28 bits per heavy atom. The predicted molar refractivity (Wildman–Crippen MR) is 129 cm³/mol. The summed E-state index contributed by atoms with van der Waals surface area (Å²) in [6, 6.07) is 16.1. The highest BCUT2D eigenvalue weighted by Gasteiger charge is 2.13. The zero-order valence-electron chi connectivity index (χ0n) is 19.4. The number of anilines is 4. The highest BCUT2D eigenvalue weighted by Crippen LogP contribution is 2.22. The van der Waals surface area contributed by atoms with E-state index in [-0.39, 0.29) is 5.91 Å². The maximum Gasteiger partial charge on any atom is 0.221 e. The summed E-state index contributed by atoms with van der Waals surface area (Å²) in [5, 5.41) is 2.63. The molecule has 0 spiro atoms. The van der Waals surface area contributed by atoms with Crippen LogP contribution in [0.3, 0.4) is 0 Å². The molecule has 1 amide bonds. The number of carbonyl (C=O) groups is 1. The topological polar surface area (TPSA) is 84.4 Å². The van der Waals surface area contributed by atoms with Gasteiger partial charge >= 0.3 is 0 Å². The Kier molecular flexibility index (Phi) is 12.2. The van der Waals surface area contributed by atoms with Crippen LogP contribution in [-0.4, -0.2) is 18.0 Å². The van der Waals surface area contributed by atoms with Crippen molar-refractivity contribution in [3.05, 3.63) is 48.5 Å². The van der Waals surface area contributed by atoms with Crippen LogP contribution < -0.4 is 21.7 Å². The van der Waals surface area contributed by atoms with Gasteiger partial charge in [0.2, 0.25) is 5.91 Å². The van der Waals surface area contributed by atoms with Gasteiger partial charge in [-0.1, -0.05) is 32.9 Å². The van der Waals surface area contributed by atoms with E-state index in [4.69, 9.17) is 11.5 Å². The van der Waals surface area contributed by atoms with Crippen molar-refractivity contribution in [2.45, 2.75) is 67.5 Å². The van der Waals surface area contributed by atoms with E-state index in [9.17, 15) is 4.79 Å². The third-order valence-electron chi connectivity index (χ3n) is 3.49. The van der Waals surface area contributed by atoms with E-state index in [0.29, 0.717) is 17.8 Å². The van der Waals surface area contributed by atoms with Gasteiger partial charge in [0, 0.05) is 41.8 Å². The molecule has 0 radical (unpaired) electrons. The van der Waals surface area contributed by atoms with Crippen LogP contribution in [0, 0.1) is 5.92 Å². The molecule has 0 heterocycles. The second-order valence-corrected chi connectivity index (χ2v) is 8.23.